The average Bonchev–Trinajstić information content (AvgIpc) is 3.26. The Morgan fingerprint density at radius 3 is 2.66 bits per heavy atom. The second kappa shape index (κ2) is 9.32. The molecule has 0 saturated heterocycles. The first-order chi connectivity index (χ1) is 15.5. The number of amides is 1. The minimum Gasteiger partial charge on any atom is -0.455 e. The number of furan rings is 1. The average molecular weight is 449 g/mol. The zero-order chi connectivity index (χ0) is 22.5. The number of hydrogen-bond acceptors (Lipinski definition) is 6. The highest BCUT2D eigenvalue weighted by atomic mass is 35.5. The first-order valence-electron chi connectivity index (χ1n) is 9.58. The number of carbonyl (C=O) groups is 1. The number of carbonyl (C=O) groups excluding carboxylic acids is 1. The molecule has 0 aliphatic rings. The fraction of sp³-hybridized carbons (Fsp3) is 0.0435. The van der Waals surface area contributed by atoms with Crippen molar-refractivity contribution in [1.29, 1.82) is 0 Å². The van der Waals surface area contributed by atoms with Crippen LogP contribution in [0.25, 0.3) is 22.1 Å². The van der Waals surface area contributed by atoms with Crippen molar-refractivity contribution in [1.82, 2.24) is 5.43 Å². The summed E-state index contributed by atoms with van der Waals surface area (Å²) in [4.78, 5) is 22.3. The zero-order valence-corrected chi connectivity index (χ0v) is 17.4. The zero-order valence-electron chi connectivity index (χ0n) is 16.6. The van der Waals surface area contributed by atoms with Gasteiger partial charge in [0.15, 0.2) is 0 Å². The summed E-state index contributed by atoms with van der Waals surface area (Å²) in [5, 5.41) is 20.2. The van der Waals surface area contributed by atoms with E-state index >= 15 is 0 Å². The molecular weight excluding hydrogens is 432 g/mol. The molecule has 4 rings (SSSR count). The predicted octanol–water partition coefficient (Wildman–Crippen LogP) is 5.22. The first-order valence-corrected chi connectivity index (χ1v) is 9.96. The Labute approximate surface area is 187 Å². The molecule has 0 aliphatic carbocycles. The van der Waals surface area contributed by atoms with Crippen molar-refractivity contribution in [2.24, 2.45) is 5.10 Å². The van der Waals surface area contributed by atoms with Crippen LogP contribution in [-0.4, -0.2) is 23.6 Å². The Morgan fingerprint density at radius 1 is 1.06 bits per heavy atom. The molecule has 0 spiro atoms. The maximum atomic E-state index is 12.0. The molecule has 160 valence electrons. The first kappa shape index (κ1) is 21.1. The summed E-state index contributed by atoms with van der Waals surface area (Å²) in [6.07, 6.45) is 1.36. The molecule has 1 heterocycles. The van der Waals surface area contributed by atoms with Crippen LogP contribution in [0.3, 0.4) is 0 Å². The van der Waals surface area contributed by atoms with Crippen LogP contribution < -0.4 is 10.7 Å². The highest BCUT2D eigenvalue weighted by molar-refractivity contribution is 6.33. The van der Waals surface area contributed by atoms with Gasteiger partial charge < -0.3 is 9.73 Å². The summed E-state index contributed by atoms with van der Waals surface area (Å²) in [7, 11) is 0. The Hall–Kier alpha value is -4.17. The van der Waals surface area contributed by atoms with E-state index < -0.39 is 4.92 Å². The Morgan fingerprint density at radius 2 is 1.88 bits per heavy atom. The third-order valence-electron chi connectivity index (χ3n) is 4.64. The van der Waals surface area contributed by atoms with E-state index in [2.05, 4.69) is 15.8 Å². The minimum atomic E-state index is -0.520. The number of benzene rings is 3. The van der Waals surface area contributed by atoms with Crippen LogP contribution in [0, 0.1) is 10.1 Å². The number of non-ortho nitro benzene ring substituents is 1. The largest absolute Gasteiger partial charge is 0.455 e. The molecule has 9 heteroatoms. The van der Waals surface area contributed by atoms with Crippen LogP contribution in [0.2, 0.25) is 5.02 Å². The van der Waals surface area contributed by atoms with Crippen LogP contribution in [0.5, 0.6) is 0 Å². The number of rotatable bonds is 7. The fourth-order valence-corrected chi connectivity index (χ4v) is 3.34. The number of hydrogen-bond donors (Lipinski definition) is 2. The standard InChI is InChI=1S/C23H17ClN4O4/c24-21-12-18(28(30)31)7-9-20(21)22-10-8-19(32-22)13-26-27-23(29)14-25-17-6-5-15-3-1-2-4-16(15)11-17/h1-13,25H,14H2,(H,27,29)/b26-13-. The number of nitrogens with one attached hydrogen (secondary N) is 2. The molecule has 8 nitrogen and oxygen atoms in total. The van der Waals surface area contributed by atoms with Gasteiger partial charge >= 0.3 is 0 Å². The molecule has 0 fully saturated rings. The SMILES string of the molecule is O=C(CNc1ccc2ccccc2c1)N/N=C\c1ccc(-c2ccc([N+](=O)[O-])cc2Cl)o1. The van der Waals surface area contributed by atoms with Crippen molar-refractivity contribution < 1.29 is 14.1 Å². The minimum absolute atomic E-state index is 0.0531. The van der Waals surface area contributed by atoms with Gasteiger partial charge in [-0.3, -0.25) is 14.9 Å². The Kier molecular flexibility index (Phi) is 6.14. The monoisotopic (exact) mass is 448 g/mol. The summed E-state index contributed by atoms with van der Waals surface area (Å²) in [6, 6.07) is 21.3. The van der Waals surface area contributed by atoms with Crippen LogP contribution >= 0.6 is 11.6 Å². The molecule has 3 aromatic carbocycles. The number of hydrazone groups is 1. The third kappa shape index (κ3) is 4.93. The van der Waals surface area contributed by atoms with Crippen molar-refractivity contribution >= 4 is 45.9 Å². The van der Waals surface area contributed by atoms with E-state index in [-0.39, 0.29) is 23.2 Å². The van der Waals surface area contributed by atoms with Gasteiger partial charge in [0.2, 0.25) is 0 Å². The van der Waals surface area contributed by atoms with Gasteiger partial charge in [-0.15, -0.1) is 0 Å². The maximum Gasteiger partial charge on any atom is 0.270 e. The van der Waals surface area contributed by atoms with Gasteiger partial charge in [0, 0.05) is 23.4 Å². The van der Waals surface area contributed by atoms with E-state index in [1.54, 1.807) is 12.1 Å². The predicted molar refractivity (Wildman–Crippen MR) is 124 cm³/mol. The number of nitrogens with zero attached hydrogens (tertiary/aromatic N) is 2. The number of anilines is 1. The van der Waals surface area contributed by atoms with Crippen LogP contribution in [0.15, 0.2) is 82.3 Å². The number of nitro groups is 1. The molecule has 1 amide bonds. The Bertz CT molecular complexity index is 1330. The quantitative estimate of drug-likeness (QED) is 0.229. The van der Waals surface area contributed by atoms with Crippen molar-refractivity contribution in [2.75, 3.05) is 11.9 Å². The summed E-state index contributed by atoms with van der Waals surface area (Å²) in [5.41, 5.74) is 3.67. The van der Waals surface area contributed by atoms with Crippen LogP contribution in [-0.2, 0) is 4.79 Å². The molecule has 4 aromatic rings. The molecule has 32 heavy (non-hydrogen) atoms. The van der Waals surface area contributed by atoms with Crippen molar-refractivity contribution in [3.8, 4) is 11.3 Å². The maximum absolute atomic E-state index is 12.0. The van der Waals surface area contributed by atoms with Crippen LogP contribution in [0.1, 0.15) is 5.76 Å². The molecule has 0 bridgehead atoms. The highest BCUT2D eigenvalue weighted by Crippen LogP contribution is 2.32. The van der Waals surface area contributed by atoms with Gasteiger partial charge in [0.05, 0.1) is 22.7 Å². The smallest absolute Gasteiger partial charge is 0.270 e. The lowest BCUT2D eigenvalue weighted by molar-refractivity contribution is -0.384. The lowest BCUT2D eigenvalue weighted by Crippen LogP contribution is -2.25. The molecule has 0 saturated carbocycles. The van der Waals surface area contributed by atoms with Gasteiger partial charge in [-0.2, -0.15) is 5.10 Å². The Balaban J connectivity index is 1.32. The molecule has 0 radical (unpaired) electrons. The molecule has 2 N–H and O–H groups in total. The van der Waals surface area contributed by atoms with Gasteiger partial charge in [0.1, 0.15) is 11.5 Å². The second-order valence-electron chi connectivity index (χ2n) is 6.83. The van der Waals surface area contributed by atoms with Gasteiger partial charge in [0.25, 0.3) is 11.6 Å². The van der Waals surface area contributed by atoms with Crippen molar-refractivity contribution in [2.45, 2.75) is 0 Å². The van der Waals surface area contributed by atoms with Crippen molar-refractivity contribution in [3.63, 3.8) is 0 Å². The van der Waals surface area contributed by atoms with E-state index in [9.17, 15) is 14.9 Å². The summed E-state index contributed by atoms with van der Waals surface area (Å²) in [6.45, 7) is 0.0531. The fourth-order valence-electron chi connectivity index (χ4n) is 3.07. The van der Waals surface area contributed by atoms with E-state index in [0.717, 1.165) is 16.5 Å². The van der Waals surface area contributed by atoms with E-state index in [0.29, 0.717) is 17.1 Å². The number of halogens is 1. The van der Waals surface area contributed by atoms with Gasteiger partial charge in [-0.1, -0.05) is 41.9 Å². The molecule has 0 atom stereocenters. The summed E-state index contributed by atoms with van der Waals surface area (Å²) in [5.74, 6) is 0.493. The normalized spacial score (nSPS) is 11.0. The molecule has 0 unspecified atom stereocenters. The van der Waals surface area contributed by atoms with E-state index in [1.807, 2.05) is 42.5 Å². The molecule has 1 aromatic heterocycles. The van der Waals surface area contributed by atoms with Gasteiger partial charge in [-0.25, -0.2) is 5.43 Å². The third-order valence-corrected chi connectivity index (χ3v) is 4.95. The lowest BCUT2D eigenvalue weighted by Gasteiger charge is -2.06. The van der Waals surface area contributed by atoms with Crippen molar-refractivity contribution in [3.05, 3.63) is 93.7 Å². The number of fused-ring (bicyclic) bond motifs is 1. The molecular formula is C23H17ClN4O4. The van der Waals surface area contributed by atoms with E-state index in [1.165, 1.54) is 24.4 Å². The van der Waals surface area contributed by atoms with Crippen LogP contribution in [0.4, 0.5) is 11.4 Å². The van der Waals surface area contributed by atoms with E-state index in [4.69, 9.17) is 16.0 Å². The lowest BCUT2D eigenvalue weighted by atomic mass is 10.1. The number of nitro benzene ring substituents is 1. The van der Waals surface area contributed by atoms with Gasteiger partial charge in [-0.05, 0) is 41.1 Å². The summed E-state index contributed by atoms with van der Waals surface area (Å²) >= 11 is 6.12. The molecule has 0 aliphatic heterocycles. The summed E-state index contributed by atoms with van der Waals surface area (Å²) < 4.78 is 5.63. The second-order valence-corrected chi connectivity index (χ2v) is 7.24. The highest BCUT2D eigenvalue weighted by Gasteiger charge is 2.13. The topological polar surface area (TPSA) is 110 Å².